The summed E-state index contributed by atoms with van der Waals surface area (Å²) in [6.07, 6.45) is -1.82. The van der Waals surface area contributed by atoms with E-state index in [4.69, 9.17) is 46.9 Å². The Hall–Kier alpha value is -6.46. The fourth-order valence-corrected chi connectivity index (χ4v) is 6.96. The van der Waals surface area contributed by atoms with Crippen LogP contribution in [0.4, 0.5) is 17.6 Å². The highest BCUT2D eigenvalue weighted by Crippen LogP contribution is 2.36. The highest BCUT2D eigenvalue weighted by atomic mass is 35.5. The number of rotatable bonds is 20. The molecular weight excluding hydrogens is 923 g/mol. The first-order valence-corrected chi connectivity index (χ1v) is 21.2. The van der Waals surface area contributed by atoms with Crippen molar-refractivity contribution in [3.05, 3.63) is 141 Å². The van der Waals surface area contributed by atoms with Gasteiger partial charge in [-0.25, -0.2) is 18.7 Å². The van der Waals surface area contributed by atoms with Crippen LogP contribution >= 0.6 is 23.2 Å². The van der Waals surface area contributed by atoms with Gasteiger partial charge in [-0.05, 0) is 117 Å². The Kier molecular flexibility index (Phi) is 18.7. The maximum absolute atomic E-state index is 13.6. The molecule has 0 amide bonds. The van der Waals surface area contributed by atoms with Gasteiger partial charge < -0.3 is 38.6 Å². The smallest absolute Gasteiger partial charge is 0.387 e. The molecule has 0 radical (unpaired) electrons. The third kappa shape index (κ3) is 13.6. The Morgan fingerprint density at radius 1 is 0.567 bits per heavy atom. The first-order valence-electron chi connectivity index (χ1n) is 20.5. The second-order valence-electron chi connectivity index (χ2n) is 14.3. The highest BCUT2D eigenvalue weighted by Gasteiger charge is 2.21. The van der Waals surface area contributed by atoms with Crippen LogP contribution in [0.3, 0.4) is 0 Å². The van der Waals surface area contributed by atoms with Gasteiger partial charge >= 0.3 is 6.61 Å². The molecule has 6 rings (SSSR count). The maximum Gasteiger partial charge on any atom is 0.387 e. The number of nitrogens with zero attached hydrogens (tertiary/aromatic N) is 2. The predicted molar refractivity (Wildman–Crippen MR) is 243 cm³/mol. The summed E-state index contributed by atoms with van der Waals surface area (Å²) in [6.45, 7) is -0.682. The number of benzene rings is 4. The number of aliphatic hydroxyl groups is 2. The van der Waals surface area contributed by atoms with Crippen molar-refractivity contribution in [1.82, 2.24) is 9.97 Å². The Morgan fingerprint density at radius 2 is 0.970 bits per heavy atom. The molecule has 2 aromatic heterocycles. The molecule has 2 atom stereocenters. The molecule has 2 heterocycles. The van der Waals surface area contributed by atoms with E-state index in [-0.39, 0.29) is 70.1 Å². The fraction of sp³-hybridized carbons (Fsp3) is 0.265. The predicted octanol–water partition coefficient (Wildman–Crippen LogP) is 11.5. The van der Waals surface area contributed by atoms with E-state index in [1.165, 1.54) is 83.0 Å². The van der Waals surface area contributed by atoms with Crippen LogP contribution in [0, 0.1) is 11.6 Å². The van der Waals surface area contributed by atoms with Gasteiger partial charge in [0.05, 0.1) is 68.7 Å². The van der Waals surface area contributed by atoms with Crippen LogP contribution in [-0.4, -0.2) is 73.4 Å². The lowest BCUT2D eigenvalue weighted by Crippen LogP contribution is -2.08. The van der Waals surface area contributed by atoms with E-state index in [0.29, 0.717) is 63.4 Å². The van der Waals surface area contributed by atoms with E-state index in [2.05, 4.69) is 14.7 Å². The summed E-state index contributed by atoms with van der Waals surface area (Å²) in [7, 11) is 5.72. The molecule has 0 saturated carbocycles. The molecular formula is C49H46Cl2F4N2O10. The Balaban J connectivity index is 0.000000251. The third-order valence-electron chi connectivity index (χ3n) is 10.0. The minimum Gasteiger partial charge on any atom is -0.494 e. The van der Waals surface area contributed by atoms with Crippen LogP contribution in [0.25, 0.3) is 22.5 Å². The number of carbonyl (C=O) groups excluding carboxylic acids is 2. The largest absolute Gasteiger partial charge is 0.494 e. The number of ether oxygens (including phenoxy) is 6. The number of hydrogen-bond donors (Lipinski definition) is 2. The minimum absolute atomic E-state index is 0.00822. The van der Waals surface area contributed by atoms with Gasteiger partial charge in [0.2, 0.25) is 0 Å². The lowest BCUT2D eigenvalue weighted by molar-refractivity contribution is -0.0512. The highest BCUT2D eigenvalue weighted by molar-refractivity contribution is 6.31. The molecule has 6 aromatic rings. The average Bonchev–Trinajstić information content (AvgIpc) is 3.33. The number of aliphatic hydroxyl groups excluding tert-OH is 2. The average molecular weight is 970 g/mol. The first kappa shape index (κ1) is 51.5. The monoisotopic (exact) mass is 968 g/mol. The van der Waals surface area contributed by atoms with Crippen LogP contribution in [0.15, 0.2) is 97.1 Å². The maximum atomic E-state index is 13.6. The second kappa shape index (κ2) is 24.3. The van der Waals surface area contributed by atoms with Gasteiger partial charge in [-0.1, -0.05) is 23.2 Å². The Labute approximate surface area is 393 Å². The molecule has 2 N–H and O–H groups in total. The quantitative estimate of drug-likeness (QED) is 0.0552. The van der Waals surface area contributed by atoms with Crippen molar-refractivity contribution in [3.8, 4) is 57.0 Å². The van der Waals surface area contributed by atoms with E-state index >= 15 is 0 Å². The summed E-state index contributed by atoms with van der Waals surface area (Å²) in [6, 6.07) is 23.6. The van der Waals surface area contributed by atoms with E-state index in [0.717, 1.165) is 0 Å². The summed E-state index contributed by atoms with van der Waals surface area (Å²) >= 11 is 11.8. The summed E-state index contributed by atoms with van der Waals surface area (Å²) in [5, 5.41) is 21.2. The molecule has 4 aromatic carbocycles. The van der Waals surface area contributed by atoms with Gasteiger partial charge in [0.25, 0.3) is 0 Å². The molecule has 0 aliphatic rings. The zero-order valence-corrected chi connectivity index (χ0v) is 38.3. The summed E-state index contributed by atoms with van der Waals surface area (Å²) in [5.74, 6) is 0.0873. The molecule has 2 unspecified atom stereocenters. The van der Waals surface area contributed by atoms with Crippen LogP contribution in [0.1, 0.15) is 76.9 Å². The number of hydrogen-bond acceptors (Lipinski definition) is 12. The van der Waals surface area contributed by atoms with E-state index in [1.54, 1.807) is 42.5 Å². The number of carbonyl (C=O) groups is 2. The number of alkyl halides is 2. The third-order valence-corrected chi connectivity index (χ3v) is 10.6. The van der Waals surface area contributed by atoms with Gasteiger partial charge in [-0.3, -0.25) is 9.59 Å². The Bertz CT molecular complexity index is 2670. The lowest BCUT2D eigenvalue weighted by atomic mass is 10.0. The molecule has 67 heavy (non-hydrogen) atoms. The van der Waals surface area contributed by atoms with Crippen LogP contribution in [-0.2, 0) is 0 Å². The van der Waals surface area contributed by atoms with E-state index < -0.39 is 30.5 Å². The van der Waals surface area contributed by atoms with Crippen molar-refractivity contribution < 1.29 is 65.8 Å². The standard InChI is InChI=1S/C25H25ClFNO5.C24H21ClF3NO5/c1-4-33-22-11-6-15(14-24(22)32-3)20(29)9-10-21(30)19-8-12-23(31-2)25(28-19)16-5-7-18(27)17(26)13-16;1-32-21-10-6-17(29-23(21)14-3-5-16(26)15(25)11-14)19(31)8-7-18(30)13-4-9-20(34-24(27)28)22(12-13)33-2/h5-8,11-14,21,30H,4,9-10H2,1-3H3;3-6,9-12,19,24,31H,7-8H2,1-2H3. The number of Topliss-reactive ketones (excluding diaryl/α,β-unsaturated/α-hetero) is 2. The van der Waals surface area contributed by atoms with Gasteiger partial charge in [-0.2, -0.15) is 8.78 Å². The summed E-state index contributed by atoms with van der Waals surface area (Å²) in [5.41, 5.74) is 3.13. The lowest BCUT2D eigenvalue weighted by Gasteiger charge is -2.15. The molecule has 12 nitrogen and oxygen atoms in total. The number of aromatic nitrogens is 2. The number of pyridine rings is 2. The van der Waals surface area contributed by atoms with Gasteiger partial charge in [0.1, 0.15) is 34.5 Å². The summed E-state index contributed by atoms with van der Waals surface area (Å²) < 4.78 is 82.9. The minimum atomic E-state index is -3.03. The molecule has 0 saturated heterocycles. The van der Waals surface area contributed by atoms with Crippen molar-refractivity contribution in [2.75, 3.05) is 35.0 Å². The zero-order valence-electron chi connectivity index (χ0n) is 36.8. The van der Waals surface area contributed by atoms with Crippen molar-refractivity contribution >= 4 is 34.8 Å². The van der Waals surface area contributed by atoms with Crippen molar-refractivity contribution in [2.24, 2.45) is 0 Å². The van der Waals surface area contributed by atoms with Gasteiger partial charge in [0, 0.05) is 35.1 Å². The van der Waals surface area contributed by atoms with Crippen LogP contribution < -0.4 is 28.4 Å². The SMILES string of the molecule is CCOc1ccc(C(=O)CCC(O)c2ccc(OC)c(-c3ccc(F)c(Cl)c3)n2)cc1OC.COc1cc(C(=O)CCC(O)c2ccc(OC)c(-c3ccc(F)c(Cl)c3)n2)ccc1OC(F)F. The summed E-state index contributed by atoms with van der Waals surface area (Å²) in [4.78, 5) is 34.2. The zero-order chi connectivity index (χ0) is 48.8. The molecule has 0 bridgehead atoms. The normalized spacial score (nSPS) is 11.8. The van der Waals surface area contributed by atoms with Crippen molar-refractivity contribution in [3.63, 3.8) is 0 Å². The van der Waals surface area contributed by atoms with Crippen LogP contribution in [0.2, 0.25) is 10.0 Å². The number of halogens is 6. The van der Waals surface area contributed by atoms with Gasteiger partial charge in [0.15, 0.2) is 34.6 Å². The van der Waals surface area contributed by atoms with Gasteiger partial charge in [-0.15, -0.1) is 0 Å². The van der Waals surface area contributed by atoms with E-state index in [1.807, 2.05) is 6.92 Å². The van der Waals surface area contributed by atoms with Crippen LogP contribution in [0.5, 0.6) is 34.5 Å². The molecule has 0 aliphatic carbocycles. The topological polar surface area (TPSA) is 156 Å². The number of ketones is 2. The second-order valence-corrected chi connectivity index (χ2v) is 15.1. The molecule has 0 aliphatic heterocycles. The molecule has 0 spiro atoms. The van der Waals surface area contributed by atoms with Crippen molar-refractivity contribution in [1.29, 1.82) is 0 Å². The fourth-order valence-electron chi connectivity index (χ4n) is 6.59. The van der Waals surface area contributed by atoms with E-state index in [9.17, 15) is 37.4 Å². The first-order chi connectivity index (χ1) is 32.1. The Morgan fingerprint density at radius 3 is 1.36 bits per heavy atom. The molecule has 0 fully saturated rings. The molecule has 354 valence electrons. The molecule has 18 heteroatoms. The number of methoxy groups -OCH3 is 4. The van der Waals surface area contributed by atoms with Crippen molar-refractivity contribution in [2.45, 2.75) is 51.4 Å².